The first-order chi connectivity index (χ1) is 8.22. The van der Waals surface area contributed by atoms with Crippen LogP contribution in [0.2, 0.25) is 0 Å². The van der Waals surface area contributed by atoms with E-state index in [0.29, 0.717) is 26.3 Å². The Morgan fingerprint density at radius 2 is 1.88 bits per heavy atom. The number of hydrogen-bond acceptors (Lipinski definition) is 4. The standard InChI is InChI=1S/C10H18N4O3/c1-3-16-8-6-14(7-9(8)17-4-2)10(15)5-12-13-11/h8-9H,3-7H2,1-2H3/t8-,9-/m0/s1. The highest BCUT2D eigenvalue weighted by molar-refractivity contribution is 5.78. The average molecular weight is 242 g/mol. The number of azide groups is 1. The van der Waals surface area contributed by atoms with Crippen molar-refractivity contribution in [3.05, 3.63) is 10.4 Å². The molecule has 0 N–H and O–H groups in total. The quantitative estimate of drug-likeness (QED) is 0.394. The SMILES string of the molecule is CCO[C@H]1CN(C(=O)CN=[N+]=[N-])C[C@@H]1OCC. The largest absolute Gasteiger partial charge is 0.374 e. The van der Waals surface area contributed by atoms with Gasteiger partial charge in [-0.15, -0.1) is 0 Å². The van der Waals surface area contributed by atoms with Crippen LogP contribution < -0.4 is 0 Å². The average Bonchev–Trinajstić information content (AvgIpc) is 2.71. The molecule has 0 radical (unpaired) electrons. The maximum Gasteiger partial charge on any atom is 0.228 e. The van der Waals surface area contributed by atoms with Crippen molar-refractivity contribution in [2.75, 3.05) is 32.8 Å². The second-order valence-electron chi connectivity index (χ2n) is 3.68. The van der Waals surface area contributed by atoms with E-state index in [-0.39, 0.29) is 24.7 Å². The Kier molecular flexibility index (Phi) is 5.76. The molecule has 1 aliphatic heterocycles. The first-order valence-corrected chi connectivity index (χ1v) is 5.74. The number of ether oxygens (including phenoxy) is 2. The molecule has 1 aliphatic rings. The molecule has 0 aromatic heterocycles. The highest BCUT2D eigenvalue weighted by Gasteiger charge is 2.35. The molecule has 1 saturated heterocycles. The molecule has 2 atom stereocenters. The van der Waals surface area contributed by atoms with Gasteiger partial charge in [0.1, 0.15) is 18.8 Å². The third-order valence-corrected chi connectivity index (χ3v) is 2.60. The summed E-state index contributed by atoms with van der Waals surface area (Å²) in [5, 5.41) is 3.27. The number of amides is 1. The zero-order chi connectivity index (χ0) is 12.7. The summed E-state index contributed by atoms with van der Waals surface area (Å²) in [6.07, 6.45) is -0.176. The lowest BCUT2D eigenvalue weighted by molar-refractivity contribution is -0.129. The Balaban J connectivity index is 2.54. The fraction of sp³-hybridized carbons (Fsp3) is 0.900. The van der Waals surface area contributed by atoms with E-state index in [1.165, 1.54) is 0 Å². The lowest BCUT2D eigenvalue weighted by Gasteiger charge is -2.17. The number of nitrogens with zero attached hydrogens (tertiary/aromatic N) is 4. The van der Waals surface area contributed by atoms with Gasteiger partial charge in [0.2, 0.25) is 5.91 Å². The smallest absolute Gasteiger partial charge is 0.228 e. The number of likely N-dealkylation sites (tertiary alicyclic amines) is 1. The van der Waals surface area contributed by atoms with Gasteiger partial charge in [-0.05, 0) is 19.4 Å². The molecule has 17 heavy (non-hydrogen) atoms. The van der Waals surface area contributed by atoms with Crippen molar-refractivity contribution in [3.63, 3.8) is 0 Å². The fourth-order valence-corrected chi connectivity index (χ4v) is 1.89. The van der Waals surface area contributed by atoms with E-state index in [1.54, 1.807) is 4.90 Å². The summed E-state index contributed by atoms with van der Waals surface area (Å²) in [5.74, 6) is -0.185. The van der Waals surface area contributed by atoms with Crippen molar-refractivity contribution >= 4 is 5.91 Å². The van der Waals surface area contributed by atoms with Crippen LogP contribution in [0.5, 0.6) is 0 Å². The van der Waals surface area contributed by atoms with Crippen LogP contribution in [0.1, 0.15) is 13.8 Å². The van der Waals surface area contributed by atoms with E-state index < -0.39 is 0 Å². The Bertz CT molecular complexity index is 290. The summed E-state index contributed by atoms with van der Waals surface area (Å²) in [5.41, 5.74) is 8.17. The number of carbonyl (C=O) groups excluding carboxylic acids is 1. The van der Waals surface area contributed by atoms with E-state index in [1.807, 2.05) is 13.8 Å². The third-order valence-electron chi connectivity index (χ3n) is 2.60. The first kappa shape index (κ1) is 13.8. The minimum absolute atomic E-state index is 0.0880. The lowest BCUT2D eigenvalue weighted by Crippen LogP contribution is -2.31. The van der Waals surface area contributed by atoms with E-state index >= 15 is 0 Å². The van der Waals surface area contributed by atoms with Crippen LogP contribution in [-0.4, -0.2) is 55.9 Å². The van der Waals surface area contributed by atoms with Crippen molar-refractivity contribution < 1.29 is 14.3 Å². The molecule has 0 aliphatic carbocycles. The van der Waals surface area contributed by atoms with Crippen molar-refractivity contribution in [2.24, 2.45) is 5.11 Å². The van der Waals surface area contributed by atoms with Gasteiger partial charge in [-0.2, -0.15) is 0 Å². The van der Waals surface area contributed by atoms with Crippen LogP contribution in [0.3, 0.4) is 0 Å². The van der Waals surface area contributed by atoms with Crippen LogP contribution in [-0.2, 0) is 14.3 Å². The molecular weight excluding hydrogens is 224 g/mol. The second kappa shape index (κ2) is 7.11. The van der Waals surface area contributed by atoms with Crippen molar-refractivity contribution in [3.8, 4) is 0 Å². The predicted molar refractivity (Wildman–Crippen MR) is 61.4 cm³/mol. The lowest BCUT2D eigenvalue weighted by atomic mass is 10.2. The Morgan fingerprint density at radius 3 is 2.29 bits per heavy atom. The molecule has 1 fully saturated rings. The van der Waals surface area contributed by atoms with Crippen LogP contribution >= 0.6 is 0 Å². The Labute approximate surface area is 100 Å². The minimum Gasteiger partial charge on any atom is -0.374 e. The normalized spacial score (nSPS) is 23.5. The molecule has 1 heterocycles. The number of rotatable bonds is 6. The van der Waals surface area contributed by atoms with Crippen LogP contribution in [0, 0.1) is 0 Å². The summed E-state index contributed by atoms with van der Waals surface area (Å²) in [6.45, 7) is 5.85. The molecule has 0 saturated carbocycles. The van der Waals surface area contributed by atoms with Gasteiger partial charge in [-0.3, -0.25) is 4.79 Å². The maximum absolute atomic E-state index is 11.7. The molecule has 0 aromatic carbocycles. The van der Waals surface area contributed by atoms with Gasteiger partial charge in [0.15, 0.2) is 0 Å². The van der Waals surface area contributed by atoms with Crippen molar-refractivity contribution in [1.29, 1.82) is 0 Å². The van der Waals surface area contributed by atoms with E-state index in [2.05, 4.69) is 10.0 Å². The summed E-state index contributed by atoms with van der Waals surface area (Å²) >= 11 is 0. The topological polar surface area (TPSA) is 87.5 Å². The molecule has 1 amide bonds. The molecular formula is C10H18N4O3. The highest BCUT2D eigenvalue weighted by Crippen LogP contribution is 2.17. The minimum atomic E-state index is -0.185. The van der Waals surface area contributed by atoms with Crippen LogP contribution in [0.25, 0.3) is 10.4 Å². The van der Waals surface area contributed by atoms with Gasteiger partial charge in [-0.25, -0.2) is 0 Å². The number of carbonyl (C=O) groups is 1. The monoisotopic (exact) mass is 242 g/mol. The Hall–Kier alpha value is -1.30. The molecule has 0 aromatic rings. The Morgan fingerprint density at radius 1 is 1.35 bits per heavy atom. The molecule has 0 unspecified atom stereocenters. The van der Waals surface area contributed by atoms with Crippen molar-refractivity contribution in [2.45, 2.75) is 26.1 Å². The second-order valence-corrected chi connectivity index (χ2v) is 3.68. The van der Waals surface area contributed by atoms with Gasteiger partial charge in [0, 0.05) is 31.2 Å². The maximum atomic E-state index is 11.7. The first-order valence-electron chi connectivity index (χ1n) is 5.74. The molecule has 0 bridgehead atoms. The highest BCUT2D eigenvalue weighted by atomic mass is 16.5. The van der Waals surface area contributed by atoms with E-state index in [0.717, 1.165) is 0 Å². The van der Waals surface area contributed by atoms with Crippen molar-refractivity contribution in [1.82, 2.24) is 4.90 Å². The van der Waals surface area contributed by atoms with Gasteiger partial charge < -0.3 is 14.4 Å². The van der Waals surface area contributed by atoms with E-state index in [9.17, 15) is 4.79 Å². The van der Waals surface area contributed by atoms with Gasteiger partial charge in [0.25, 0.3) is 0 Å². The predicted octanol–water partition coefficient (Wildman–Crippen LogP) is 0.949. The van der Waals surface area contributed by atoms with Crippen LogP contribution in [0.15, 0.2) is 5.11 Å². The van der Waals surface area contributed by atoms with Gasteiger partial charge >= 0.3 is 0 Å². The van der Waals surface area contributed by atoms with Crippen LogP contribution in [0.4, 0.5) is 0 Å². The summed E-state index contributed by atoms with van der Waals surface area (Å²) in [7, 11) is 0. The van der Waals surface area contributed by atoms with E-state index in [4.69, 9.17) is 15.0 Å². The van der Waals surface area contributed by atoms with Gasteiger partial charge in [0.05, 0.1) is 0 Å². The third kappa shape index (κ3) is 3.89. The van der Waals surface area contributed by atoms with Gasteiger partial charge in [-0.1, -0.05) is 5.11 Å². The summed E-state index contributed by atoms with van der Waals surface area (Å²) in [6, 6.07) is 0. The summed E-state index contributed by atoms with van der Waals surface area (Å²) in [4.78, 5) is 15.8. The molecule has 1 rings (SSSR count). The molecule has 7 nitrogen and oxygen atoms in total. The summed E-state index contributed by atoms with van der Waals surface area (Å²) < 4.78 is 11.1. The fourth-order valence-electron chi connectivity index (χ4n) is 1.89. The number of hydrogen-bond donors (Lipinski definition) is 0. The molecule has 0 spiro atoms. The zero-order valence-corrected chi connectivity index (χ0v) is 10.2. The zero-order valence-electron chi connectivity index (χ0n) is 10.2. The molecule has 96 valence electrons. The molecule has 7 heteroatoms.